The SMILES string of the molecule is COc1cnc2oc(-c3ccccc3)cc2c1. The van der Waals surface area contributed by atoms with E-state index in [0.717, 1.165) is 22.5 Å². The molecule has 0 atom stereocenters. The molecule has 3 heteroatoms. The van der Waals surface area contributed by atoms with Gasteiger partial charge in [0.15, 0.2) is 0 Å². The van der Waals surface area contributed by atoms with Crippen molar-refractivity contribution in [1.29, 1.82) is 0 Å². The molecule has 0 aliphatic rings. The number of methoxy groups -OCH3 is 1. The average Bonchev–Trinajstić information content (AvgIpc) is 2.82. The number of pyridine rings is 1. The van der Waals surface area contributed by atoms with E-state index >= 15 is 0 Å². The first kappa shape index (κ1) is 9.90. The third kappa shape index (κ3) is 1.76. The monoisotopic (exact) mass is 225 g/mol. The van der Waals surface area contributed by atoms with E-state index in [-0.39, 0.29) is 0 Å². The van der Waals surface area contributed by atoms with Crippen molar-refractivity contribution in [2.75, 3.05) is 7.11 Å². The van der Waals surface area contributed by atoms with Crippen LogP contribution in [0.2, 0.25) is 0 Å². The summed E-state index contributed by atoms with van der Waals surface area (Å²) in [6.07, 6.45) is 1.65. The molecule has 0 unspecified atom stereocenters. The Morgan fingerprint density at radius 2 is 1.94 bits per heavy atom. The summed E-state index contributed by atoms with van der Waals surface area (Å²) >= 11 is 0. The smallest absolute Gasteiger partial charge is 0.226 e. The molecule has 17 heavy (non-hydrogen) atoms. The zero-order chi connectivity index (χ0) is 11.7. The number of rotatable bonds is 2. The molecular formula is C14H11NO2. The second-order valence-electron chi connectivity index (χ2n) is 3.75. The van der Waals surface area contributed by atoms with Gasteiger partial charge in [0.1, 0.15) is 11.5 Å². The lowest BCUT2D eigenvalue weighted by molar-refractivity contribution is 0.413. The Morgan fingerprint density at radius 1 is 1.12 bits per heavy atom. The molecular weight excluding hydrogens is 214 g/mol. The summed E-state index contributed by atoms with van der Waals surface area (Å²) in [5, 5.41) is 0.947. The molecule has 0 saturated heterocycles. The second-order valence-corrected chi connectivity index (χ2v) is 3.75. The molecule has 0 radical (unpaired) electrons. The number of ether oxygens (including phenoxy) is 1. The van der Waals surface area contributed by atoms with Crippen LogP contribution < -0.4 is 4.74 Å². The zero-order valence-corrected chi connectivity index (χ0v) is 9.38. The molecule has 2 heterocycles. The minimum Gasteiger partial charge on any atom is -0.495 e. The highest BCUT2D eigenvalue weighted by Gasteiger charge is 2.07. The molecule has 3 nitrogen and oxygen atoms in total. The van der Waals surface area contributed by atoms with Gasteiger partial charge in [-0.05, 0) is 12.1 Å². The Hall–Kier alpha value is -2.29. The second kappa shape index (κ2) is 3.94. The van der Waals surface area contributed by atoms with Crippen LogP contribution in [0.5, 0.6) is 5.75 Å². The highest BCUT2D eigenvalue weighted by molar-refractivity contribution is 5.80. The van der Waals surface area contributed by atoms with Crippen molar-refractivity contribution in [3.8, 4) is 17.1 Å². The number of hydrogen-bond donors (Lipinski definition) is 0. The third-order valence-electron chi connectivity index (χ3n) is 2.64. The summed E-state index contributed by atoms with van der Waals surface area (Å²) in [4.78, 5) is 4.21. The van der Waals surface area contributed by atoms with Crippen LogP contribution >= 0.6 is 0 Å². The van der Waals surface area contributed by atoms with Crippen LogP contribution in [-0.4, -0.2) is 12.1 Å². The van der Waals surface area contributed by atoms with Gasteiger partial charge in [-0.15, -0.1) is 0 Å². The van der Waals surface area contributed by atoms with Gasteiger partial charge in [0.25, 0.3) is 0 Å². The standard InChI is InChI=1S/C14H11NO2/c1-16-12-7-11-8-13(17-14(11)15-9-12)10-5-3-2-4-6-10/h2-9H,1H3. The minimum atomic E-state index is 0.629. The van der Waals surface area contributed by atoms with Crippen LogP contribution in [-0.2, 0) is 0 Å². The predicted octanol–water partition coefficient (Wildman–Crippen LogP) is 3.50. The van der Waals surface area contributed by atoms with Crippen LogP contribution in [0.3, 0.4) is 0 Å². The molecule has 0 spiro atoms. The number of aromatic nitrogens is 1. The van der Waals surface area contributed by atoms with Gasteiger partial charge in [0.05, 0.1) is 13.3 Å². The molecule has 3 rings (SSSR count). The third-order valence-corrected chi connectivity index (χ3v) is 2.64. The van der Waals surface area contributed by atoms with Crippen molar-refractivity contribution in [2.24, 2.45) is 0 Å². The van der Waals surface area contributed by atoms with Gasteiger partial charge in [-0.2, -0.15) is 0 Å². The zero-order valence-electron chi connectivity index (χ0n) is 9.38. The molecule has 0 aliphatic heterocycles. The molecule has 2 aromatic heterocycles. The van der Waals surface area contributed by atoms with E-state index in [2.05, 4.69) is 4.98 Å². The van der Waals surface area contributed by atoms with Crippen molar-refractivity contribution in [3.05, 3.63) is 48.7 Å². The summed E-state index contributed by atoms with van der Waals surface area (Å²) in [6.45, 7) is 0. The lowest BCUT2D eigenvalue weighted by Gasteiger charge is -1.95. The minimum absolute atomic E-state index is 0.629. The topological polar surface area (TPSA) is 35.3 Å². The van der Waals surface area contributed by atoms with Gasteiger partial charge in [0.2, 0.25) is 5.71 Å². The first-order valence-electron chi connectivity index (χ1n) is 5.36. The van der Waals surface area contributed by atoms with Gasteiger partial charge in [-0.1, -0.05) is 30.3 Å². The van der Waals surface area contributed by atoms with Gasteiger partial charge in [0, 0.05) is 10.9 Å². The normalized spacial score (nSPS) is 10.6. The maximum atomic E-state index is 5.69. The number of nitrogens with zero attached hydrogens (tertiary/aromatic N) is 1. The fourth-order valence-electron chi connectivity index (χ4n) is 1.77. The summed E-state index contributed by atoms with van der Waals surface area (Å²) < 4.78 is 10.8. The van der Waals surface area contributed by atoms with E-state index < -0.39 is 0 Å². The van der Waals surface area contributed by atoms with Crippen molar-refractivity contribution in [1.82, 2.24) is 4.98 Å². The highest BCUT2D eigenvalue weighted by Crippen LogP contribution is 2.28. The summed E-state index contributed by atoms with van der Waals surface area (Å²) in [5.74, 6) is 1.55. The molecule has 0 aliphatic carbocycles. The summed E-state index contributed by atoms with van der Waals surface area (Å²) in [5.41, 5.74) is 1.68. The van der Waals surface area contributed by atoms with Crippen LogP contribution in [0.4, 0.5) is 0 Å². The van der Waals surface area contributed by atoms with Crippen molar-refractivity contribution in [2.45, 2.75) is 0 Å². The van der Waals surface area contributed by atoms with Crippen molar-refractivity contribution < 1.29 is 9.15 Å². The Bertz CT molecular complexity index is 644. The Kier molecular flexibility index (Phi) is 2.29. The van der Waals surface area contributed by atoms with E-state index in [0.29, 0.717) is 5.71 Å². The van der Waals surface area contributed by atoms with E-state index in [4.69, 9.17) is 9.15 Å². The summed E-state index contributed by atoms with van der Waals surface area (Å²) in [6, 6.07) is 13.9. The van der Waals surface area contributed by atoms with E-state index in [1.54, 1.807) is 13.3 Å². The maximum Gasteiger partial charge on any atom is 0.226 e. The molecule has 3 aromatic rings. The number of hydrogen-bond acceptors (Lipinski definition) is 3. The predicted molar refractivity (Wildman–Crippen MR) is 66.0 cm³/mol. The molecule has 0 N–H and O–H groups in total. The average molecular weight is 225 g/mol. The van der Waals surface area contributed by atoms with Crippen molar-refractivity contribution in [3.63, 3.8) is 0 Å². The summed E-state index contributed by atoms with van der Waals surface area (Å²) in [7, 11) is 1.63. The highest BCUT2D eigenvalue weighted by atomic mass is 16.5. The van der Waals surface area contributed by atoms with Gasteiger partial charge in [-0.3, -0.25) is 0 Å². The van der Waals surface area contributed by atoms with E-state index in [9.17, 15) is 0 Å². The van der Waals surface area contributed by atoms with Crippen LogP contribution in [0.15, 0.2) is 53.1 Å². The van der Waals surface area contributed by atoms with E-state index in [1.807, 2.05) is 42.5 Å². The first-order valence-corrected chi connectivity index (χ1v) is 5.36. The largest absolute Gasteiger partial charge is 0.495 e. The molecule has 0 fully saturated rings. The van der Waals surface area contributed by atoms with Crippen molar-refractivity contribution >= 4 is 11.1 Å². The van der Waals surface area contributed by atoms with Crippen LogP contribution in [0.1, 0.15) is 0 Å². The molecule has 0 saturated carbocycles. The first-order chi connectivity index (χ1) is 8.36. The Morgan fingerprint density at radius 3 is 2.71 bits per heavy atom. The fraction of sp³-hybridized carbons (Fsp3) is 0.0714. The molecule has 1 aromatic carbocycles. The molecule has 0 bridgehead atoms. The van der Waals surface area contributed by atoms with Gasteiger partial charge >= 0.3 is 0 Å². The Balaban J connectivity index is 2.14. The van der Waals surface area contributed by atoms with Gasteiger partial charge in [-0.25, -0.2) is 4.98 Å². The Labute approximate surface area is 98.7 Å². The van der Waals surface area contributed by atoms with E-state index in [1.165, 1.54) is 0 Å². The maximum absolute atomic E-state index is 5.69. The van der Waals surface area contributed by atoms with Gasteiger partial charge < -0.3 is 9.15 Å². The van der Waals surface area contributed by atoms with Crippen LogP contribution in [0, 0.1) is 0 Å². The fourth-order valence-corrected chi connectivity index (χ4v) is 1.77. The lowest BCUT2D eigenvalue weighted by Crippen LogP contribution is -1.82. The lowest BCUT2D eigenvalue weighted by atomic mass is 10.2. The number of benzene rings is 1. The quantitative estimate of drug-likeness (QED) is 0.669. The number of fused-ring (bicyclic) bond motifs is 1. The molecule has 0 amide bonds. The van der Waals surface area contributed by atoms with Crippen LogP contribution in [0.25, 0.3) is 22.4 Å². The molecule has 84 valence electrons. The number of furan rings is 1.